The molecule has 1 heterocycles. The van der Waals surface area contributed by atoms with Crippen LogP contribution in [0.5, 0.6) is 0 Å². The Kier molecular flexibility index (Phi) is 3.25. The summed E-state index contributed by atoms with van der Waals surface area (Å²) in [5, 5.41) is 11.5. The number of fused-ring (bicyclic) bond motifs is 1. The van der Waals surface area contributed by atoms with Gasteiger partial charge in [-0.1, -0.05) is 49.1 Å². The van der Waals surface area contributed by atoms with Crippen LogP contribution in [0.2, 0.25) is 5.02 Å². The van der Waals surface area contributed by atoms with Crippen molar-refractivity contribution in [1.29, 1.82) is 0 Å². The molecule has 1 aromatic carbocycles. The van der Waals surface area contributed by atoms with Gasteiger partial charge in [-0.3, -0.25) is 4.79 Å². The third-order valence-corrected chi connectivity index (χ3v) is 4.89. The fraction of sp³-hybridized carbons (Fsp3) is 0.438. The average molecular weight is 292 g/mol. The number of nitrogens with zero attached hydrogens (tertiary/aromatic N) is 1. The Morgan fingerprint density at radius 2 is 2.00 bits per heavy atom. The molecular formula is C16H18ClNO2. The number of para-hydroxylation sites is 1. The summed E-state index contributed by atoms with van der Waals surface area (Å²) in [6.07, 6.45) is 6.35. The first kappa shape index (κ1) is 13.5. The largest absolute Gasteiger partial charge is 0.481 e. The summed E-state index contributed by atoms with van der Waals surface area (Å²) in [7, 11) is 1.93. The summed E-state index contributed by atoms with van der Waals surface area (Å²) in [5.41, 5.74) is 1.12. The van der Waals surface area contributed by atoms with Crippen LogP contribution in [0, 0.1) is 0 Å². The smallest absolute Gasteiger partial charge is 0.314 e. The molecule has 3 nitrogen and oxygen atoms in total. The van der Waals surface area contributed by atoms with Crippen LogP contribution in [0.25, 0.3) is 10.9 Å². The highest BCUT2D eigenvalue weighted by Gasteiger charge is 2.42. The number of aryl methyl sites for hydroxylation is 1. The maximum absolute atomic E-state index is 12.0. The van der Waals surface area contributed by atoms with Gasteiger partial charge in [0.15, 0.2) is 0 Å². The number of benzene rings is 1. The normalized spacial score (nSPS) is 18.3. The van der Waals surface area contributed by atoms with E-state index in [1.54, 1.807) is 0 Å². The molecule has 0 radical (unpaired) electrons. The molecule has 1 saturated carbocycles. The molecule has 1 aliphatic carbocycles. The van der Waals surface area contributed by atoms with Crippen LogP contribution >= 0.6 is 11.6 Å². The van der Waals surface area contributed by atoms with Gasteiger partial charge in [0.1, 0.15) is 0 Å². The zero-order valence-corrected chi connectivity index (χ0v) is 12.3. The van der Waals surface area contributed by atoms with E-state index in [9.17, 15) is 9.90 Å². The number of halogens is 1. The number of carbonyl (C=O) groups is 1. The van der Waals surface area contributed by atoms with Crippen molar-refractivity contribution < 1.29 is 9.90 Å². The molecule has 1 fully saturated rings. The minimum atomic E-state index is -0.757. The van der Waals surface area contributed by atoms with Crippen LogP contribution in [0.15, 0.2) is 24.4 Å². The average Bonchev–Trinajstić information content (AvgIpc) is 2.75. The van der Waals surface area contributed by atoms with Gasteiger partial charge in [-0.05, 0) is 18.4 Å². The topological polar surface area (TPSA) is 42.2 Å². The van der Waals surface area contributed by atoms with Crippen molar-refractivity contribution in [3.05, 3.63) is 35.0 Å². The summed E-state index contributed by atoms with van der Waals surface area (Å²) in [4.78, 5) is 12.0. The quantitative estimate of drug-likeness (QED) is 0.904. The minimum Gasteiger partial charge on any atom is -0.481 e. The second-order valence-corrected chi connectivity index (χ2v) is 6.14. The van der Waals surface area contributed by atoms with Crippen LogP contribution in [0.3, 0.4) is 0 Å². The van der Waals surface area contributed by atoms with Crippen LogP contribution in [-0.2, 0) is 17.3 Å². The monoisotopic (exact) mass is 291 g/mol. The van der Waals surface area contributed by atoms with Gasteiger partial charge in [-0.15, -0.1) is 0 Å². The van der Waals surface area contributed by atoms with Crippen LogP contribution in [-0.4, -0.2) is 15.6 Å². The van der Waals surface area contributed by atoms with Crippen LogP contribution in [0.1, 0.15) is 37.7 Å². The van der Waals surface area contributed by atoms with E-state index in [1.165, 1.54) is 0 Å². The molecule has 0 unspecified atom stereocenters. The number of hydrogen-bond acceptors (Lipinski definition) is 1. The molecule has 0 saturated heterocycles. The highest BCUT2D eigenvalue weighted by molar-refractivity contribution is 6.35. The molecule has 106 valence electrons. The van der Waals surface area contributed by atoms with Gasteiger partial charge < -0.3 is 9.67 Å². The number of carboxylic acids is 1. The lowest BCUT2D eigenvalue weighted by atomic mass is 9.69. The number of carboxylic acid groups (broad SMARTS) is 1. The summed E-state index contributed by atoms with van der Waals surface area (Å²) in [6, 6.07) is 5.83. The predicted octanol–water partition coefficient (Wildman–Crippen LogP) is 4.12. The SMILES string of the molecule is Cn1cc(Cl)c2cccc(C3(C(=O)O)CCCCC3)c21. The van der Waals surface area contributed by atoms with Gasteiger partial charge in [0.05, 0.1) is 16.0 Å². The van der Waals surface area contributed by atoms with Crippen molar-refractivity contribution >= 4 is 28.5 Å². The molecule has 0 spiro atoms. The molecule has 0 bridgehead atoms. The second kappa shape index (κ2) is 4.81. The Bertz CT molecular complexity index is 668. The summed E-state index contributed by atoms with van der Waals surface area (Å²) in [5.74, 6) is -0.706. The van der Waals surface area contributed by atoms with Crippen molar-refractivity contribution in [3.8, 4) is 0 Å². The summed E-state index contributed by atoms with van der Waals surface area (Å²) >= 11 is 6.25. The molecule has 1 N–H and O–H groups in total. The highest BCUT2D eigenvalue weighted by atomic mass is 35.5. The number of hydrogen-bond donors (Lipinski definition) is 1. The maximum atomic E-state index is 12.0. The van der Waals surface area contributed by atoms with Crippen molar-refractivity contribution in [2.24, 2.45) is 7.05 Å². The molecule has 1 aliphatic rings. The molecule has 1 aromatic heterocycles. The predicted molar refractivity (Wildman–Crippen MR) is 80.3 cm³/mol. The maximum Gasteiger partial charge on any atom is 0.314 e. The van der Waals surface area contributed by atoms with E-state index in [2.05, 4.69) is 0 Å². The van der Waals surface area contributed by atoms with E-state index in [4.69, 9.17) is 11.6 Å². The first-order valence-corrected chi connectivity index (χ1v) is 7.41. The Morgan fingerprint density at radius 3 is 2.65 bits per heavy atom. The first-order valence-electron chi connectivity index (χ1n) is 7.04. The Hall–Kier alpha value is -1.48. The zero-order chi connectivity index (χ0) is 14.3. The third kappa shape index (κ3) is 1.84. The van der Waals surface area contributed by atoms with E-state index in [1.807, 2.05) is 36.0 Å². The van der Waals surface area contributed by atoms with Crippen molar-refractivity contribution in [2.45, 2.75) is 37.5 Å². The molecule has 4 heteroatoms. The molecule has 3 rings (SSSR count). The second-order valence-electron chi connectivity index (χ2n) is 5.74. The van der Waals surface area contributed by atoms with Gasteiger partial charge in [0, 0.05) is 18.6 Å². The molecular weight excluding hydrogens is 274 g/mol. The summed E-state index contributed by atoms with van der Waals surface area (Å²) in [6.45, 7) is 0. The number of aromatic nitrogens is 1. The first-order chi connectivity index (χ1) is 9.56. The number of rotatable bonds is 2. The molecule has 0 amide bonds. The zero-order valence-electron chi connectivity index (χ0n) is 11.5. The van der Waals surface area contributed by atoms with Crippen molar-refractivity contribution in [2.75, 3.05) is 0 Å². The Labute approximate surface area is 123 Å². The molecule has 0 atom stereocenters. The van der Waals surface area contributed by atoms with Gasteiger partial charge in [0.25, 0.3) is 0 Å². The van der Waals surface area contributed by atoms with Gasteiger partial charge in [-0.25, -0.2) is 0 Å². The fourth-order valence-corrected chi connectivity index (χ4v) is 3.86. The van der Waals surface area contributed by atoms with Crippen molar-refractivity contribution in [1.82, 2.24) is 4.57 Å². The van der Waals surface area contributed by atoms with Crippen LogP contribution in [0.4, 0.5) is 0 Å². The van der Waals surface area contributed by atoms with Gasteiger partial charge in [0.2, 0.25) is 0 Å². The Balaban J connectivity index is 2.29. The lowest BCUT2D eigenvalue weighted by Gasteiger charge is -2.34. The van der Waals surface area contributed by atoms with E-state index in [-0.39, 0.29) is 0 Å². The van der Waals surface area contributed by atoms with Gasteiger partial charge >= 0.3 is 5.97 Å². The lowest BCUT2D eigenvalue weighted by molar-refractivity contribution is -0.145. The fourth-order valence-electron chi connectivity index (χ4n) is 3.56. The molecule has 2 aromatic rings. The van der Waals surface area contributed by atoms with Gasteiger partial charge in [-0.2, -0.15) is 0 Å². The number of aliphatic carboxylic acids is 1. The standard InChI is InChI=1S/C16H18ClNO2/c1-18-10-13(17)11-6-5-7-12(14(11)18)16(15(19)20)8-3-2-4-9-16/h5-7,10H,2-4,8-9H2,1H3,(H,19,20). The highest BCUT2D eigenvalue weighted by Crippen LogP contribution is 2.43. The molecule has 20 heavy (non-hydrogen) atoms. The van der Waals surface area contributed by atoms with E-state index in [0.717, 1.165) is 35.7 Å². The van der Waals surface area contributed by atoms with E-state index < -0.39 is 11.4 Å². The van der Waals surface area contributed by atoms with Crippen LogP contribution < -0.4 is 0 Å². The van der Waals surface area contributed by atoms with E-state index in [0.29, 0.717) is 17.9 Å². The minimum absolute atomic E-state index is 0.681. The lowest BCUT2D eigenvalue weighted by Crippen LogP contribution is -2.38. The third-order valence-electron chi connectivity index (χ3n) is 4.59. The van der Waals surface area contributed by atoms with E-state index >= 15 is 0 Å². The molecule has 0 aliphatic heterocycles. The Morgan fingerprint density at radius 1 is 1.30 bits per heavy atom. The summed E-state index contributed by atoms with van der Waals surface area (Å²) < 4.78 is 1.95. The van der Waals surface area contributed by atoms with Crippen molar-refractivity contribution in [3.63, 3.8) is 0 Å².